The van der Waals surface area contributed by atoms with Crippen molar-refractivity contribution in [2.75, 3.05) is 0 Å². The van der Waals surface area contributed by atoms with Crippen LogP contribution in [0.4, 0.5) is 11.5 Å². The lowest BCUT2D eigenvalue weighted by Crippen LogP contribution is -1.90. The Labute approximate surface area is 141 Å². The van der Waals surface area contributed by atoms with E-state index >= 15 is 0 Å². The molecule has 0 unspecified atom stereocenters. The smallest absolute Gasteiger partial charge is 0.183 e. The number of hydrogen-bond donors (Lipinski definition) is 0. The maximum Gasteiger partial charge on any atom is 0.183 e. The zero-order valence-electron chi connectivity index (χ0n) is 14.3. The Kier molecular flexibility index (Phi) is 4.25. The van der Waals surface area contributed by atoms with Crippen LogP contribution in [0.2, 0.25) is 0 Å². The quantitative estimate of drug-likeness (QED) is 0.478. The van der Waals surface area contributed by atoms with Crippen molar-refractivity contribution in [2.24, 2.45) is 10.2 Å². The van der Waals surface area contributed by atoms with Gasteiger partial charge in [-0.3, -0.25) is 9.20 Å². The van der Waals surface area contributed by atoms with Gasteiger partial charge in [0.1, 0.15) is 5.65 Å². The van der Waals surface area contributed by atoms with E-state index in [0.29, 0.717) is 11.3 Å². The molecule has 0 saturated heterocycles. The van der Waals surface area contributed by atoms with Gasteiger partial charge in [-0.15, -0.1) is 10.2 Å². The van der Waals surface area contributed by atoms with Gasteiger partial charge in [-0.2, -0.15) is 0 Å². The summed E-state index contributed by atoms with van der Waals surface area (Å²) >= 11 is 0. The zero-order valence-corrected chi connectivity index (χ0v) is 14.3. The number of hydrogen-bond acceptors (Lipinski definition) is 4. The molecule has 0 fully saturated rings. The summed E-state index contributed by atoms with van der Waals surface area (Å²) in [6, 6.07) is 11.2. The molecule has 3 rings (SSSR count). The van der Waals surface area contributed by atoms with E-state index in [9.17, 15) is 4.79 Å². The maximum absolute atomic E-state index is 11.5. The van der Waals surface area contributed by atoms with Crippen LogP contribution in [0.1, 0.15) is 48.3 Å². The average Bonchev–Trinajstić information content (AvgIpc) is 2.93. The second kappa shape index (κ2) is 6.35. The molecule has 3 aromatic rings. The standard InChI is InChI=1S/C19H20N4O/c1-12(2)17-19(23-10-6-7-13(3)18(23)20-17)22-21-16-9-5-8-15(11-16)14(4)24/h5-12H,1-4H3. The Morgan fingerprint density at radius 1 is 1.17 bits per heavy atom. The van der Waals surface area contributed by atoms with Crippen molar-refractivity contribution in [3.63, 3.8) is 0 Å². The van der Waals surface area contributed by atoms with E-state index in [1.165, 1.54) is 0 Å². The number of aryl methyl sites for hydroxylation is 1. The summed E-state index contributed by atoms with van der Waals surface area (Å²) in [5, 5.41) is 8.77. The predicted octanol–water partition coefficient (Wildman–Crippen LogP) is 5.38. The van der Waals surface area contributed by atoms with Gasteiger partial charge in [0.05, 0.1) is 11.4 Å². The van der Waals surface area contributed by atoms with E-state index in [1.54, 1.807) is 19.1 Å². The van der Waals surface area contributed by atoms with Gasteiger partial charge in [-0.05, 0) is 43.5 Å². The number of pyridine rings is 1. The van der Waals surface area contributed by atoms with Crippen LogP contribution in [0.5, 0.6) is 0 Å². The van der Waals surface area contributed by atoms with Crippen molar-refractivity contribution in [2.45, 2.75) is 33.6 Å². The first kappa shape index (κ1) is 16.1. The number of azo groups is 1. The first-order valence-electron chi connectivity index (χ1n) is 7.97. The number of benzene rings is 1. The molecule has 0 aliphatic heterocycles. The molecule has 24 heavy (non-hydrogen) atoms. The van der Waals surface area contributed by atoms with Crippen LogP contribution >= 0.6 is 0 Å². The average molecular weight is 320 g/mol. The zero-order chi connectivity index (χ0) is 17.3. The highest BCUT2D eigenvalue weighted by Crippen LogP contribution is 2.30. The highest BCUT2D eigenvalue weighted by Gasteiger charge is 2.16. The lowest BCUT2D eigenvalue weighted by Gasteiger charge is -2.02. The van der Waals surface area contributed by atoms with E-state index in [2.05, 4.69) is 24.1 Å². The third kappa shape index (κ3) is 2.97. The molecular weight excluding hydrogens is 300 g/mol. The van der Waals surface area contributed by atoms with Crippen LogP contribution in [0, 0.1) is 6.92 Å². The van der Waals surface area contributed by atoms with Gasteiger partial charge in [-0.25, -0.2) is 4.98 Å². The number of fused-ring (bicyclic) bond motifs is 1. The minimum Gasteiger partial charge on any atom is -0.295 e. The molecule has 0 aliphatic rings. The minimum atomic E-state index is 0.0142. The van der Waals surface area contributed by atoms with E-state index in [-0.39, 0.29) is 11.7 Å². The number of imidazole rings is 1. The molecular formula is C19H20N4O. The number of carbonyl (C=O) groups is 1. The molecule has 2 aromatic heterocycles. The number of rotatable bonds is 4. The molecule has 5 nitrogen and oxygen atoms in total. The Bertz CT molecular complexity index is 938. The van der Waals surface area contributed by atoms with Crippen LogP contribution in [0.25, 0.3) is 5.65 Å². The largest absolute Gasteiger partial charge is 0.295 e. The van der Waals surface area contributed by atoms with Gasteiger partial charge in [0.15, 0.2) is 11.6 Å². The summed E-state index contributed by atoms with van der Waals surface area (Å²) in [5.74, 6) is 0.985. The van der Waals surface area contributed by atoms with Gasteiger partial charge < -0.3 is 0 Å². The Hall–Kier alpha value is -2.82. The number of ketones is 1. The molecule has 0 bridgehead atoms. The summed E-state index contributed by atoms with van der Waals surface area (Å²) in [4.78, 5) is 16.2. The Morgan fingerprint density at radius 2 is 1.96 bits per heavy atom. The van der Waals surface area contributed by atoms with Crippen molar-refractivity contribution < 1.29 is 4.79 Å². The summed E-state index contributed by atoms with van der Waals surface area (Å²) < 4.78 is 1.96. The number of carbonyl (C=O) groups excluding carboxylic acids is 1. The molecule has 0 saturated carbocycles. The third-order valence-corrected chi connectivity index (χ3v) is 3.91. The molecule has 0 atom stereocenters. The van der Waals surface area contributed by atoms with Crippen LogP contribution in [0.3, 0.4) is 0 Å². The highest BCUT2D eigenvalue weighted by molar-refractivity contribution is 5.94. The summed E-state index contributed by atoms with van der Waals surface area (Å²) in [5.41, 5.74) is 4.19. The fraction of sp³-hybridized carbons (Fsp3) is 0.263. The van der Waals surface area contributed by atoms with Crippen LogP contribution in [0.15, 0.2) is 52.8 Å². The second-order valence-corrected chi connectivity index (χ2v) is 6.17. The fourth-order valence-corrected chi connectivity index (χ4v) is 2.59. The third-order valence-electron chi connectivity index (χ3n) is 3.91. The molecule has 0 spiro atoms. The number of aromatic nitrogens is 2. The van der Waals surface area contributed by atoms with Crippen molar-refractivity contribution >= 4 is 22.9 Å². The second-order valence-electron chi connectivity index (χ2n) is 6.17. The highest BCUT2D eigenvalue weighted by atomic mass is 16.1. The summed E-state index contributed by atoms with van der Waals surface area (Å²) in [7, 11) is 0. The van der Waals surface area contributed by atoms with Crippen LogP contribution < -0.4 is 0 Å². The fourth-order valence-electron chi connectivity index (χ4n) is 2.59. The molecule has 0 N–H and O–H groups in total. The molecule has 122 valence electrons. The monoisotopic (exact) mass is 320 g/mol. The van der Waals surface area contributed by atoms with Crippen molar-refractivity contribution in [1.29, 1.82) is 0 Å². The van der Waals surface area contributed by atoms with Crippen LogP contribution in [-0.2, 0) is 0 Å². The van der Waals surface area contributed by atoms with E-state index in [0.717, 1.165) is 22.7 Å². The lowest BCUT2D eigenvalue weighted by atomic mass is 10.1. The number of nitrogens with zero attached hydrogens (tertiary/aromatic N) is 4. The number of Topliss-reactive ketones (excluding diaryl/α,β-unsaturated/α-hetero) is 1. The molecule has 0 radical (unpaired) electrons. The van der Waals surface area contributed by atoms with Crippen molar-refractivity contribution in [1.82, 2.24) is 9.38 Å². The predicted molar refractivity (Wildman–Crippen MR) is 94.6 cm³/mol. The normalized spacial score (nSPS) is 11.7. The first-order valence-corrected chi connectivity index (χ1v) is 7.97. The Balaban J connectivity index is 2.09. The minimum absolute atomic E-state index is 0.0142. The van der Waals surface area contributed by atoms with Gasteiger partial charge >= 0.3 is 0 Å². The lowest BCUT2D eigenvalue weighted by molar-refractivity contribution is 0.101. The molecule has 1 aromatic carbocycles. The van der Waals surface area contributed by atoms with Crippen molar-refractivity contribution in [3.8, 4) is 0 Å². The van der Waals surface area contributed by atoms with Crippen molar-refractivity contribution in [3.05, 3.63) is 59.4 Å². The summed E-state index contributed by atoms with van der Waals surface area (Å²) in [6.07, 6.45) is 1.95. The molecule has 0 aliphatic carbocycles. The van der Waals surface area contributed by atoms with Gasteiger partial charge in [0.25, 0.3) is 0 Å². The molecule has 2 heterocycles. The first-order chi connectivity index (χ1) is 11.5. The van der Waals surface area contributed by atoms with E-state index < -0.39 is 0 Å². The van der Waals surface area contributed by atoms with Gasteiger partial charge in [0, 0.05) is 11.8 Å². The van der Waals surface area contributed by atoms with Crippen LogP contribution in [-0.4, -0.2) is 15.2 Å². The summed E-state index contributed by atoms with van der Waals surface area (Å²) in [6.45, 7) is 7.75. The topological polar surface area (TPSA) is 59.1 Å². The molecule has 5 heteroatoms. The maximum atomic E-state index is 11.5. The van der Waals surface area contributed by atoms with E-state index in [1.807, 2.05) is 41.8 Å². The van der Waals surface area contributed by atoms with Gasteiger partial charge in [0.2, 0.25) is 0 Å². The Morgan fingerprint density at radius 3 is 2.67 bits per heavy atom. The van der Waals surface area contributed by atoms with Gasteiger partial charge in [-0.1, -0.05) is 32.0 Å². The SMILES string of the molecule is CC(=O)c1cccc(N=Nc2c(C(C)C)nc3c(C)cccn23)c1. The van der Waals surface area contributed by atoms with E-state index in [4.69, 9.17) is 4.98 Å². The molecule has 0 amide bonds.